The Morgan fingerprint density at radius 1 is 1.05 bits per heavy atom. The van der Waals surface area contributed by atoms with E-state index in [1.807, 2.05) is 13.8 Å². The highest BCUT2D eigenvalue weighted by Gasteiger charge is 2.14. The highest BCUT2D eigenvalue weighted by Crippen LogP contribution is 2.26. The van der Waals surface area contributed by atoms with E-state index >= 15 is 0 Å². The van der Waals surface area contributed by atoms with Crippen LogP contribution in [0.1, 0.15) is 56.3 Å². The molecular weight excluding hydrogens is 284 g/mol. The molecule has 1 aromatic carbocycles. The summed E-state index contributed by atoms with van der Waals surface area (Å²) in [4.78, 5) is 22.8. The monoisotopic (exact) mass is 308 g/mol. The Bertz CT molecular complexity index is 496. The van der Waals surface area contributed by atoms with Gasteiger partial charge in [-0.3, -0.25) is 9.59 Å². The minimum Gasteiger partial charge on any atom is -0.494 e. The summed E-state index contributed by atoms with van der Waals surface area (Å²) in [5.74, 6) is 0.155. The Balaban J connectivity index is 2.84. The van der Waals surface area contributed by atoms with Crippen LogP contribution >= 0.6 is 0 Å². The molecule has 0 saturated heterocycles. The number of ketones is 1. The first kappa shape index (κ1) is 18.0. The molecule has 0 unspecified atom stereocenters. The van der Waals surface area contributed by atoms with Crippen LogP contribution in [0.25, 0.3) is 0 Å². The first-order valence-corrected chi connectivity index (χ1v) is 7.73. The number of ether oxygens (including phenoxy) is 2. The van der Waals surface area contributed by atoms with Crippen LogP contribution in [0.5, 0.6) is 11.5 Å². The smallest absolute Gasteiger partial charge is 0.303 e. The van der Waals surface area contributed by atoms with Crippen LogP contribution in [0.4, 0.5) is 0 Å². The molecule has 0 spiro atoms. The molecule has 0 heterocycles. The second kappa shape index (κ2) is 9.82. The van der Waals surface area contributed by atoms with Gasteiger partial charge in [0.1, 0.15) is 11.5 Å². The number of carbonyl (C=O) groups excluding carboxylic acids is 1. The fourth-order valence-corrected chi connectivity index (χ4v) is 1.91. The topological polar surface area (TPSA) is 72.8 Å². The van der Waals surface area contributed by atoms with E-state index in [0.717, 1.165) is 12.8 Å². The van der Waals surface area contributed by atoms with Crippen molar-refractivity contribution in [3.63, 3.8) is 0 Å². The van der Waals surface area contributed by atoms with Crippen molar-refractivity contribution in [3.8, 4) is 11.5 Å². The molecule has 0 atom stereocenters. The average Bonchev–Trinajstić information content (AvgIpc) is 2.50. The lowest BCUT2D eigenvalue weighted by Crippen LogP contribution is -2.07. The van der Waals surface area contributed by atoms with Crippen molar-refractivity contribution >= 4 is 11.8 Å². The minimum absolute atomic E-state index is 0.0110. The van der Waals surface area contributed by atoms with Gasteiger partial charge in [0.2, 0.25) is 0 Å². The molecule has 0 radical (unpaired) electrons. The molecule has 5 nitrogen and oxygen atoms in total. The minimum atomic E-state index is -0.893. The summed E-state index contributed by atoms with van der Waals surface area (Å²) in [5.41, 5.74) is 0.465. The third-order valence-corrected chi connectivity index (χ3v) is 2.98. The lowest BCUT2D eigenvalue weighted by atomic mass is 10.0. The Hall–Kier alpha value is -2.04. The number of carboxylic acids is 1. The van der Waals surface area contributed by atoms with Crippen LogP contribution in [0, 0.1) is 0 Å². The SMILES string of the molecule is CCCOc1ccc(OCCC)c(C(=O)CCCC(=O)O)c1. The molecular formula is C17H24O5. The van der Waals surface area contributed by atoms with E-state index in [9.17, 15) is 9.59 Å². The lowest BCUT2D eigenvalue weighted by molar-refractivity contribution is -0.137. The Morgan fingerprint density at radius 2 is 1.73 bits per heavy atom. The van der Waals surface area contributed by atoms with Gasteiger partial charge in [-0.25, -0.2) is 0 Å². The second-order valence-corrected chi connectivity index (χ2v) is 5.03. The van der Waals surface area contributed by atoms with Crippen LogP contribution in [-0.2, 0) is 4.79 Å². The van der Waals surface area contributed by atoms with Gasteiger partial charge in [0.05, 0.1) is 18.8 Å². The standard InChI is InChI=1S/C17H24O5/c1-3-10-21-13-8-9-16(22-11-4-2)14(12-13)15(18)6-5-7-17(19)20/h8-9,12H,3-7,10-11H2,1-2H3,(H,19,20). The van der Waals surface area contributed by atoms with Crippen LogP contribution in [0.3, 0.4) is 0 Å². The second-order valence-electron chi connectivity index (χ2n) is 5.03. The van der Waals surface area contributed by atoms with Gasteiger partial charge >= 0.3 is 5.97 Å². The first-order chi connectivity index (χ1) is 10.6. The molecule has 0 amide bonds. The molecule has 22 heavy (non-hydrogen) atoms. The number of rotatable bonds is 11. The molecule has 5 heteroatoms. The number of Topliss-reactive ketones (excluding diaryl/α,β-unsaturated/α-hetero) is 1. The molecule has 1 rings (SSSR count). The summed E-state index contributed by atoms with van der Waals surface area (Å²) in [5, 5.41) is 8.65. The molecule has 0 aliphatic rings. The van der Waals surface area contributed by atoms with Crippen molar-refractivity contribution in [2.75, 3.05) is 13.2 Å². The van der Waals surface area contributed by atoms with Crippen molar-refractivity contribution in [3.05, 3.63) is 23.8 Å². The van der Waals surface area contributed by atoms with Gasteiger partial charge in [-0.1, -0.05) is 13.8 Å². The number of hydrogen-bond donors (Lipinski definition) is 1. The largest absolute Gasteiger partial charge is 0.494 e. The Labute approximate surface area is 131 Å². The number of hydrogen-bond acceptors (Lipinski definition) is 4. The Morgan fingerprint density at radius 3 is 2.36 bits per heavy atom. The predicted octanol–water partition coefficient (Wildman–Crippen LogP) is 3.70. The van der Waals surface area contributed by atoms with E-state index in [0.29, 0.717) is 36.7 Å². The van der Waals surface area contributed by atoms with Gasteiger partial charge < -0.3 is 14.6 Å². The molecule has 1 N–H and O–H groups in total. The highest BCUT2D eigenvalue weighted by atomic mass is 16.5. The molecule has 0 aliphatic carbocycles. The van der Waals surface area contributed by atoms with Crippen LogP contribution in [0.15, 0.2) is 18.2 Å². The van der Waals surface area contributed by atoms with E-state index in [1.54, 1.807) is 18.2 Å². The molecule has 0 aromatic heterocycles. The van der Waals surface area contributed by atoms with E-state index < -0.39 is 5.97 Å². The third-order valence-electron chi connectivity index (χ3n) is 2.98. The Kier molecular flexibility index (Phi) is 8.04. The summed E-state index contributed by atoms with van der Waals surface area (Å²) in [6, 6.07) is 5.21. The normalized spacial score (nSPS) is 10.3. The van der Waals surface area contributed by atoms with Crippen molar-refractivity contribution in [2.45, 2.75) is 46.0 Å². The third kappa shape index (κ3) is 6.16. The van der Waals surface area contributed by atoms with Crippen LogP contribution < -0.4 is 9.47 Å². The first-order valence-electron chi connectivity index (χ1n) is 7.73. The zero-order chi connectivity index (χ0) is 16.4. The average molecular weight is 308 g/mol. The quantitative estimate of drug-likeness (QED) is 0.631. The van der Waals surface area contributed by atoms with Gasteiger partial charge in [0.15, 0.2) is 5.78 Å². The summed E-state index contributed by atoms with van der Waals surface area (Å²) in [7, 11) is 0. The number of benzene rings is 1. The maximum Gasteiger partial charge on any atom is 0.303 e. The zero-order valence-electron chi connectivity index (χ0n) is 13.3. The fourth-order valence-electron chi connectivity index (χ4n) is 1.91. The van der Waals surface area contributed by atoms with E-state index in [2.05, 4.69) is 0 Å². The van der Waals surface area contributed by atoms with Gasteiger partial charge in [0, 0.05) is 12.8 Å². The van der Waals surface area contributed by atoms with Gasteiger partial charge in [0.25, 0.3) is 0 Å². The van der Waals surface area contributed by atoms with E-state index in [4.69, 9.17) is 14.6 Å². The molecule has 0 saturated carbocycles. The zero-order valence-corrected chi connectivity index (χ0v) is 13.3. The van der Waals surface area contributed by atoms with Gasteiger partial charge in [-0.15, -0.1) is 0 Å². The van der Waals surface area contributed by atoms with Crippen molar-refractivity contribution in [1.82, 2.24) is 0 Å². The molecule has 1 aromatic rings. The highest BCUT2D eigenvalue weighted by molar-refractivity contribution is 5.99. The fraction of sp³-hybridized carbons (Fsp3) is 0.529. The maximum absolute atomic E-state index is 12.3. The summed E-state index contributed by atoms with van der Waals surface area (Å²) in [6.45, 7) is 5.12. The van der Waals surface area contributed by atoms with E-state index in [1.165, 1.54) is 0 Å². The van der Waals surface area contributed by atoms with Crippen LogP contribution in [0.2, 0.25) is 0 Å². The summed E-state index contributed by atoms with van der Waals surface area (Å²) >= 11 is 0. The molecule has 0 aliphatic heterocycles. The van der Waals surface area contributed by atoms with E-state index in [-0.39, 0.29) is 18.6 Å². The molecule has 122 valence electrons. The number of carboxylic acid groups (broad SMARTS) is 1. The van der Waals surface area contributed by atoms with Crippen molar-refractivity contribution in [2.24, 2.45) is 0 Å². The van der Waals surface area contributed by atoms with Crippen molar-refractivity contribution in [1.29, 1.82) is 0 Å². The predicted molar refractivity (Wildman–Crippen MR) is 83.8 cm³/mol. The summed E-state index contributed by atoms with van der Waals surface area (Å²) in [6.07, 6.45) is 2.23. The summed E-state index contributed by atoms with van der Waals surface area (Å²) < 4.78 is 11.1. The number of aliphatic carboxylic acids is 1. The molecule has 0 fully saturated rings. The molecule has 0 bridgehead atoms. The lowest BCUT2D eigenvalue weighted by Gasteiger charge is -2.12. The number of carbonyl (C=O) groups is 2. The van der Waals surface area contributed by atoms with Crippen molar-refractivity contribution < 1.29 is 24.2 Å². The van der Waals surface area contributed by atoms with Gasteiger partial charge in [-0.05, 0) is 37.5 Å². The maximum atomic E-state index is 12.3. The van der Waals surface area contributed by atoms with Crippen LogP contribution in [-0.4, -0.2) is 30.1 Å². The van der Waals surface area contributed by atoms with Gasteiger partial charge in [-0.2, -0.15) is 0 Å².